The van der Waals surface area contributed by atoms with E-state index in [1.54, 1.807) is 0 Å². The molecule has 0 saturated heterocycles. The van der Waals surface area contributed by atoms with Crippen molar-refractivity contribution in [3.05, 3.63) is 28.0 Å². The molecule has 0 radical (unpaired) electrons. The molecule has 0 saturated carbocycles. The van der Waals surface area contributed by atoms with Crippen LogP contribution in [0, 0.1) is 5.82 Å². The van der Waals surface area contributed by atoms with Crippen LogP contribution in [0.4, 0.5) is 4.39 Å². The van der Waals surface area contributed by atoms with Gasteiger partial charge in [-0.2, -0.15) is 0 Å². The second-order valence-electron chi connectivity index (χ2n) is 2.44. The van der Waals surface area contributed by atoms with Gasteiger partial charge in [0.25, 0.3) is 0 Å². The first-order valence-electron chi connectivity index (χ1n) is 3.40. The van der Waals surface area contributed by atoms with Crippen LogP contribution >= 0.6 is 15.9 Å². The maximum atomic E-state index is 13.0. The Labute approximate surface area is 81.9 Å². The number of carbonyl (C=O) groups is 1. The van der Waals surface area contributed by atoms with Crippen molar-refractivity contribution in [1.82, 2.24) is 0 Å². The zero-order valence-corrected chi connectivity index (χ0v) is 8.01. The molecule has 0 spiro atoms. The number of halogens is 2. The highest BCUT2D eigenvalue weighted by atomic mass is 79.9. The topological polar surface area (TPSA) is 57.5 Å². The van der Waals surface area contributed by atoms with Crippen LogP contribution in [0.15, 0.2) is 16.6 Å². The normalized spacial score (nSPS) is 10.0. The Balaban J connectivity index is 3.10. The molecule has 0 atom stereocenters. The van der Waals surface area contributed by atoms with Crippen LogP contribution in [-0.2, 0) is 11.2 Å². The van der Waals surface area contributed by atoms with Gasteiger partial charge in [0.15, 0.2) is 11.6 Å². The molecule has 0 heterocycles. The van der Waals surface area contributed by atoms with Crippen molar-refractivity contribution < 1.29 is 19.4 Å². The summed E-state index contributed by atoms with van der Waals surface area (Å²) in [6.45, 7) is 0. The summed E-state index contributed by atoms with van der Waals surface area (Å²) in [6.07, 6.45) is -0.280. The van der Waals surface area contributed by atoms with E-state index in [1.807, 2.05) is 0 Å². The maximum absolute atomic E-state index is 13.0. The van der Waals surface area contributed by atoms with Gasteiger partial charge in [0, 0.05) is 0 Å². The van der Waals surface area contributed by atoms with Crippen LogP contribution in [0.25, 0.3) is 0 Å². The SMILES string of the molecule is O=C(O)Cc1ccc(O)c(F)c1Br. The van der Waals surface area contributed by atoms with Gasteiger partial charge < -0.3 is 10.2 Å². The number of benzene rings is 1. The highest BCUT2D eigenvalue weighted by Crippen LogP contribution is 2.27. The average Bonchev–Trinajstić information content (AvgIpc) is 2.06. The van der Waals surface area contributed by atoms with Crippen molar-refractivity contribution in [3.63, 3.8) is 0 Å². The van der Waals surface area contributed by atoms with Gasteiger partial charge in [-0.05, 0) is 27.6 Å². The van der Waals surface area contributed by atoms with Crippen molar-refractivity contribution in [3.8, 4) is 5.75 Å². The van der Waals surface area contributed by atoms with E-state index in [0.29, 0.717) is 5.56 Å². The van der Waals surface area contributed by atoms with E-state index in [-0.39, 0.29) is 10.9 Å². The molecular formula is C8H6BrFO3. The van der Waals surface area contributed by atoms with Crippen LogP contribution in [-0.4, -0.2) is 16.2 Å². The van der Waals surface area contributed by atoms with Gasteiger partial charge in [-0.25, -0.2) is 4.39 Å². The number of carboxylic acid groups (broad SMARTS) is 1. The molecule has 0 aliphatic heterocycles. The van der Waals surface area contributed by atoms with Gasteiger partial charge in [-0.15, -0.1) is 0 Å². The summed E-state index contributed by atoms with van der Waals surface area (Å²) >= 11 is 2.86. The van der Waals surface area contributed by atoms with Crippen LogP contribution in [0.3, 0.4) is 0 Å². The predicted octanol–water partition coefficient (Wildman–Crippen LogP) is 1.92. The lowest BCUT2D eigenvalue weighted by molar-refractivity contribution is -0.136. The third-order valence-corrected chi connectivity index (χ3v) is 2.34. The molecule has 0 bridgehead atoms. The van der Waals surface area contributed by atoms with Crippen molar-refractivity contribution in [2.24, 2.45) is 0 Å². The Morgan fingerprint density at radius 2 is 2.15 bits per heavy atom. The number of rotatable bonds is 2. The van der Waals surface area contributed by atoms with E-state index in [9.17, 15) is 9.18 Å². The fourth-order valence-electron chi connectivity index (χ4n) is 0.879. The minimum Gasteiger partial charge on any atom is -0.505 e. The third kappa shape index (κ3) is 2.18. The lowest BCUT2D eigenvalue weighted by Gasteiger charge is -2.03. The molecular weight excluding hydrogens is 243 g/mol. The summed E-state index contributed by atoms with van der Waals surface area (Å²) in [5.41, 5.74) is 0.294. The fourth-order valence-corrected chi connectivity index (χ4v) is 1.35. The molecule has 1 rings (SSSR count). The predicted molar refractivity (Wildman–Crippen MR) is 47.1 cm³/mol. The monoisotopic (exact) mass is 248 g/mol. The second kappa shape index (κ2) is 3.74. The van der Waals surface area contributed by atoms with Gasteiger partial charge in [0.2, 0.25) is 0 Å². The van der Waals surface area contributed by atoms with Crippen LogP contribution in [0.1, 0.15) is 5.56 Å². The van der Waals surface area contributed by atoms with Crippen molar-refractivity contribution in [1.29, 1.82) is 0 Å². The Bertz CT molecular complexity index is 351. The summed E-state index contributed by atoms with van der Waals surface area (Å²) in [7, 11) is 0. The smallest absolute Gasteiger partial charge is 0.307 e. The first-order chi connectivity index (χ1) is 6.02. The minimum atomic E-state index is -1.05. The molecule has 2 N–H and O–H groups in total. The number of hydrogen-bond acceptors (Lipinski definition) is 2. The molecule has 0 aliphatic rings. The highest BCUT2D eigenvalue weighted by Gasteiger charge is 2.12. The Morgan fingerprint density at radius 3 is 2.69 bits per heavy atom. The summed E-state index contributed by atoms with van der Waals surface area (Å²) in [5, 5.41) is 17.4. The van der Waals surface area contributed by atoms with E-state index >= 15 is 0 Å². The lowest BCUT2D eigenvalue weighted by atomic mass is 10.1. The fraction of sp³-hybridized carbons (Fsp3) is 0.125. The van der Waals surface area contributed by atoms with Crippen LogP contribution in [0.2, 0.25) is 0 Å². The number of phenols is 1. The van der Waals surface area contributed by atoms with Crippen molar-refractivity contribution >= 4 is 21.9 Å². The minimum absolute atomic E-state index is 0.00472. The standard InChI is InChI=1S/C8H6BrFO3/c9-7-4(3-6(12)13)1-2-5(11)8(7)10/h1-2,11H,3H2,(H,12,13). The molecule has 13 heavy (non-hydrogen) atoms. The molecule has 1 aromatic carbocycles. The molecule has 5 heteroatoms. The Morgan fingerprint density at radius 1 is 1.54 bits per heavy atom. The van der Waals surface area contributed by atoms with Gasteiger partial charge in [-0.1, -0.05) is 6.07 Å². The van der Waals surface area contributed by atoms with Gasteiger partial charge in [0.05, 0.1) is 10.9 Å². The second-order valence-corrected chi connectivity index (χ2v) is 3.24. The lowest BCUT2D eigenvalue weighted by Crippen LogP contribution is -2.01. The molecule has 0 amide bonds. The Hall–Kier alpha value is -1.10. The molecule has 0 aliphatic carbocycles. The molecule has 1 aromatic rings. The summed E-state index contributed by atoms with van der Waals surface area (Å²) < 4.78 is 12.9. The molecule has 3 nitrogen and oxygen atoms in total. The molecule has 0 unspecified atom stereocenters. The first kappa shape index (κ1) is 9.98. The number of phenolic OH excluding ortho intramolecular Hbond substituents is 1. The van der Waals surface area contributed by atoms with Gasteiger partial charge >= 0.3 is 5.97 Å². The quantitative estimate of drug-likeness (QED) is 0.841. The largest absolute Gasteiger partial charge is 0.505 e. The van der Waals surface area contributed by atoms with E-state index in [0.717, 1.165) is 6.07 Å². The number of carboxylic acids is 1. The van der Waals surface area contributed by atoms with Crippen LogP contribution in [0.5, 0.6) is 5.75 Å². The summed E-state index contributed by atoms with van der Waals surface area (Å²) in [4.78, 5) is 10.3. The zero-order chi connectivity index (χ0) is 10.0. The first-order valence-corrected chi connectivity index (χ1v) is 4.19. The molecule has 0 fully saturated rings. The third-order valence-electron chi connectivity index (χ3n) is 1.48. The van der Waals surface area contributed by atoms with Gasteiger partial charge in [0.1, 0.15) is 0 Å². The number of hydrogen-bond donors (Lipinski definition) is 2. The molecule has 70 valence electrons. The van der Waals surface area contributed by atoms with E-state index in [4.69, 9.17) is 10.2 Å². The molecule has 0 aromatic heterocycles. The summed E-state index contributed by atoms with van der Waals surface area (Å²) in [5.74, 6) is -2.38. The van der Waals surface area contributed by atoms with Crippen molar-refractivity contribution in [2.75, 3.05) is 0 Å². The number of aromatic hydroxyl groups is 1. The Kier molecular flexibility index (Phi) is 2.87. The maximum Gasteiger partial charge on any atom is 0.307 e. The van der Waals surface area contributed by atoms with E-state index in [1.165, 1.54) is 6.07 Å². The van der Waals surface area contributed by atoms with E-state index < -0.39 is 17.5 Å². The van der Waals surface area contributed by atoms with Crippen molar-refractivity contribution in [2.45, 2.75) is 6.42 Å². The van der Waals surface area contributed by atoms with Gasteiger partial charge in [-0.3, -0.25) is 4.79 Å². The van der Waals surface area contributed by atoms with Crippen LogP contribution < -0.4 is 0 Å². The van der Waals surface area contributed by atoms with E-state index in [2.05, 4.69) is 15.9 Å². The highest BCUT2D eigenvalue weighted by molar-refractivity contribution is 9.10. The zero-order valence-electron chi connectivity index (χ0n) is 6.42. The summed E-state index contributed by atoms with van der Waals surface area (Å²) in [6, 6.07) is 2.48. The number of aliphatic carboxylic acids is 1. The average molecular weight is 249 g/mol.